The Balaban J connectivity index is 1.41. The molecule has 0 saturated carbocycles. The molecule has 7 heteroatoms. The molecule has 0 atom stereocenters. The predicted octanol–water partition coefficient (Wildman–Crippen LogP) is 5.01. The van der Waals surface area contributed by atoms with Crippen LogP contribution in [0, 0.1) is 13.8 Å². The maximum absolute atomic E-state index is 13.7. The van der Waals surface area contributed by atoms with Crippen LogP contribution in [0.5, 0.6) is 5.75 Å². The van der Waals surface area contributed by atoms with Crippen molar-refractivity contribution in [1.29, 1.82) is 0 Å². The average Bonchev–Trinajstić information content (AvgIpc) is 3.25. The van der Waals surface area contributed by atoms with Crippen molar-refractivity contribution in [3.8, 4) is 5.75 Å². The molecule has 3 aromatic carbocycles. The van der Waals surface area contributed by atoms with Crippen molar-refractivity contribution < 1.29 is 14.3 Å². The van der Waals surface area contributed by atoms with Crippen LogP contribution in [-0.4, -0.2) is 55.0 Å². The van der Waals surface area contributed by atoms with E-state index in [0.717, 1.165) is 33.5 Å². The fourth-order valence-corrected chi connectivity index (χ4v) is 4.77. The van der Waals surface area contributed by atoms with E-state index in [1.54, 1.807) is 13.2 Å². The molecule has 0 bridgehead atoms. The van der Waals surface area contributed by atoms with E-state index in [1.165, 1.54) is 0 Å². The minimum atomic E-state index is -0.240. The molecule has 0 radical (unpaired) electrons. The summed E-state index contributed by atoms with van der Waals surface area (Å²) in [4.78, 5) is 34.2. The van der Waals surface area contributed by atoms with Gasteiger partial charge in [0, 0.05) is 42.6 Å². The Morgan fingerprint density at radius 1 is 0.889 bits per heavy atom. The van der Waals surface area contributed by atoms with Gasteiger partial charge in [0.1, 0.15) is 11.4 Å². The summed E-state index contributed by atoms with van der Waals surface area (Å²) >= 11 is 0. The Morgan fingerprint density at radius 3 is 2.39 bits per heavy atom. The lowest BCUT2D eigenvalue weighted by Gasteiger charge is -2.36. The molecule has 5 rings (SSSR count). The smallest absolute Gasteiger partial charge is 0.272 e. The van der Waals surface area contributed by atoms with E-state index >= 15 is 0 Å². The molecule has 2 amide bonds. The van der Waals surface area contributed by atoms with E-state index in [0.29, 0.717) is 43.1 Å². The third kappa shape index (κ3) is 4.52. The van der Waals surface area contributed by atoms with E-state index in [-0.39, 0.29) is 11.8 Å². The van der Waals surface area contributed by atoms with Crippen LogP contribution in [0.1, 0.15) is 32.0 Å². The summed E-state index contributed by atoms with van der Waals surface area (Å²) in [7, 11) is 1.67. The summed E-state index contributed by atoms with van der Waals surface area (Å²) in [5.41, 5.74) is 5.38. The molecule has 0 unspecified atom stereocenters. The second kappa shape index (κ2) is 9.77. The van der Waals surface area contributed by atoms with Crippen molar-refractivity contribution in [2.45, 2.75) is 13.8 Å². The zero-order valence-electron chi connectivity index (χ0n) is 20.8. The van der Waals surface area contributed by atoms with E-state index in [1.807, 2.05) is 79.4 Å². The molecule has 0 aliphatic carbocycles. The number of fused-ring (bicyclic) bond motifs is 1. The second-order valence-corrected chi connectivity index (χ2v) is 9.20. The maximum atomic E-state index is 13.7. The lowest BCUT2D eigenvalue weighted by atomic mass is 10.1. The quantitative estimate of drug-likeness (QED) is 0.419. The van der Waals surface area contributed by atoms with Crippen LogP contribution in [0.25, 0.3) is 10.9 Å². The predicted molar refractivity (Wildman–Crippen MR) is 143 cm³/mol. The van der Waals surface area contributed by atoms with Gasteiger partial charge in [0.25, 0.3) is 11.8 Å². The number of aromatic amines is 1. The van der Waals surface area contributed by atoms with Gasteiger partial charge < -0.3 is 24.8 Å². The van der Waals surface area contributed by atoms with Crippen LogP contribution in [0.2, 0.25) is 0 Å². The van der Waals surface area contributed by atoms with Crippen LogP contribution < -0.4 is 15.0 Å². The highest BCUT2D eigenvalue weighted by Crippen LogP contribution is 2.32. The molecule has 1 aliphatic rings. The number of methoxy groups -OCH3 is 1. The van der Waals surface area contributed by atoms with Crippen LogP contribution in [0.4, 0.5) is 11.4 Å². The number of hydrogen-bond acceptors (Lipinski definition) is 4. The third-order valence-corrected chi connectivity index (χ3v) is 6.68. The number of aromatic nitrogens is 1. The highest BCUT2D eigenvalue weighted by molar-refractivity contribution is 6.15. The van der Waals surface area contributed by atoms with Gasteiger partial charge in [0.15, 0.2) is 0 Å². The number of aryl methyl sites for hydroxylation is 2. The van der Waals surface area contributed by atoms with Gasteiger partial charge >= 0.3 is 0 Å². The van der Waals surface area contributed by atoms with Gasteiger partial charge in [-0.1, -0.05) is 41.5 Å². The van der Waals surface area contributed by atoms with Crippen LogP contribution >= 0.6 is 0 Å². The zero-order valence-corrected chi connectivity index (χ0v) is 20.8. The number of piperazine rings is 1. The van der Waals surface area contributed by atoms with Crippen molar-refractivity contribution >= 4 is 34.1 Å². The second-order valence-electron chi connectivity index (χ2n) is 9.20. The summed E-state index contributed by atoms with van der Waals surface area (Å²) in [5.74, 6) is 0.462. The summed E-state index contributed by atoms with van der Waals surface area (Å²) in [6.07, 6.45) is 0. The molecule has 184 valence electrons. The summed E-state index contributed by atoms with van der Waals surface area (Å²) < 4.78 is 5.51. The molecule has 1 fully saturated rings. The van der Waals surface area contributed by atoms with Crippen molar-refractivity contribution in [3.63, 3.8) is 0 Å². The lowest BCUT2D eigenvalue weighted by Crippen LogP contribution is -2.49. The van der Waals surface area contributed by atoms with E-state index in [9.17, 15) is 9.59 Å². The van der Waals surface area contributed by atoms with Crippen molar-refractivity contribution in [3.05, 3.63) is 89.1 Å². The number of rotatable bonds is 5. The Labute approximate surface area is 210 Å². The molecule has 2 heterocycles. The summed E-state index contributed by atoms with van der Waals surface area (Å²) in [6.45, 7) is 6.46. The number of amides is 2. The van der Waals surface area contributed by atoms with Gasteiger partial charge in [-0.05, 0) is 50.2 Å². The van der Waals surface area contributed by atoms with Crippen molar-refractivity contribution in [2.75, 3.05) is 43.5 Å². The number of nitrogens with zero attached hydrogens (tertiary/aromatic N) is 2. The SMILES string of the molecule is COc1ccccc1N1CCN(C(=O)c2[nH]c3ccc(C)cc3c2NC(=O)c2cccc(C)c2)CC1. The number of nitrogens with one attached hydrogen (secondary N) is 2. The first-order valence-electron chi connectivity index (χ1n) is 12.1. The number of anilines is 2. The molecular weight excluding hydrogens is 452 g/mol. The van der Waals surface area contributed by atoms with Gasteiger partial charge in [-0.15, -0.1) is 0 Å². The molecule has 1 aromatic heterocycles. The number of carbonyl (C=O) groups excluding carboxylic acids is 2. The first-order chi connectivity index (χ1) is 17.4. The first-order valence-corrected chi connectivity index (χ1v) is 12.1. The topological polar surface area (TPSA) is 77.7 Å². The zero-order chi connectivity index (χ0) is 25.2. The molecule has 1 saturated heterocycles. The molecule has 0 spiro atoms. The van der Waals surface area contributed by atoms with Crippen LogP contribution in [-0.2, 0) is 0 Å². The van der Waals surface area contributed by atoms with Gasteiger partial charge in [-0.3, -0.25) is 9.59 Å². The summed E-state index contributed by atoms with van der Waals surface area (Å²) in [5, 5.41) is 3.86. The molecule has 2 N–H and O–H groups in total. The minimum Gasteiger partial charge on any atom is -0.495 e. The van der Waals surface area contributed by atoms with Crippen molar-refractivity contribution in [1.82, 2.24) is 9.88 Å². The Hall–Kier alpha value is -4.26. The fraction of sp³-hybridized carbons (Fsp3) is 0.241. The maximum Gasteiger partial charge on any atom is 0.272 e. The monoisotopic (exact) mass is 482 g/mol. The minimum absolute atomic E-state index is 0.122. The fourth-order valence-electron chi connectivity index (χ4n) is 4.77. The number of hydrogen-bond donors (Lipinski definition) is 2. The number of H-pyrrole nitrogens is 1. The Morgan fingerprint density at radius 2 is 1.64 bits per heavy atom. The molecule has 4 aromatic rings. The van der Waals surface area contributed by atoms with Gasteiger partial charge in [0.05, 0.1) is 18.5 Å². The molecule has 7 nitrogen and oxygen atoms in total. The first kappa shape index (κ1) is 23.5. The largest absolute Gasteiger partial charge is 0.495 e. The average molecular weight is 483 g/mol. The third-order valence-electron chi connectivity index (χ3n) is 6.68. The van der Waals surface area contributed by atoms with E-state index in [4.69, 9.17) is 4.74 Å². The van der Waals surface area contributed by atoms with Crippen LogP contribution in [0.15, 0.2) is 66.7 Å². The van der Waals surface area contributed by atoms with Gasteiger partial charge in [0.2, 0.25) is 0 Å². The Bertz CT molecular complexity index is 1430. The van der Waals surface area contributed by atoms with Crippen molar-refractivity contribution in [2.24, 2.45) is 0 Å². The van der Waals surface area contributed by atoms with E-state index < -0.39 is 0 Å². The lowest BCUT2D eigenvalue weighted by molar-refractivity contribution is 0.0743. The number of carbonyl (C=O) groups is 2. The molecule has 36 heavy (non-hydrogen) atoms. The van der Waals surface area contributed by atoms with Crippen LogP contribution in [0.3, 0.4) is 0 Å². The summed E-state index contributed by atoms with van der Waals surface area (Å²) in [6, 6.07) is 21.3. The van der Waals surface area contributed by atoms with Gasteiger partial charge in [-0.2, -0.15) is 0 Å². The Kier molecular flexibility index (Phi) is 6.38. The number of para-hydroxylation sites is 2. The van der Waals surface area contributed by atoms with E-state index in [2.05, 4.69) is 15.2 Å². The standard InChI is InChI=1S/C29H30N4O3/c1-19-7-6-8-21(17-19)28(34)31-26-22-18-20(2)11-12-23(22)30-27(26)29(35)33-15-13-32(14-16-33)24-9-4-5-10-25(24)36-3/h4-12,17-18,30H,13-16H2,1-3H3,(H,31,34). The number of ether oxygens (including phenoxy) is 1. The van der Waals surface area contributed by atoms with Gasteiger partial charge in [-0.25, -0.2) is 0 Å². The highest BCUT2D eigenvalue weighted by atomic mass is 16.5. The normalized spacial score (nSPS) is 13.6. The molecular formula is C29H30N4O3. The number of benzene rings is 3. The highest BCUT2D eigenvalue weighted by Gasteiger charge is 2.28. The molecule has 1 aliphatic heterocycles.